The van der Waals surface area contributed by atoms with Crippen molar-refractivity contribution in [3.63, 3.8) is 0 Å². The van der Waals surface area contributed by atoms with Crippen LogP contribution in [0.4, 0.5) is 5.69 Å². The van der Waals surface area contributed by atoms with E-state index in [9.17, 15) is 8.42 Å². The van der Waals surface area contributed by atoms with Gasteiger partial charge in [0.1, 0.15) is 4.21 Å². The lowest BCUT2D eigenvalue weighted by Crippen LogP contribution is -2.11. The van der Waals surface area contributed by atoms with E-state index >= 15 is 0 Å². The number of hydrogen-bond donors (Lipinski definition) is 1. The number of halogens is 1. The highest BCUT2D eigenvalue weighted by Crippen LogP contribution is 2.28. The van der Waals surface area contributed by atoms with Crippen LogP contribution in [-0.2, 0) is 10.0 Å². The van der Waals surface area contributed by atoms with Gasteiger partial charge in [0, 0.05) is 11.3 Å². The Bertz CT molecular complexity index is 1440. The molecule has 0 spiro atoms. The maximum absolute atomic E-state index is 12.4. The van der Waals surface area contributed by atoms with E-state index in [4.69, 9.17) is 11.6 Å². The average Bonchev–Trinajstić information content (AvgIpc) is 3.48. The molecule has 0 radical (unpaired) electrons. The Morgan fingerprint density at radius 1 is 0.967 bits per heavy atom. The predicted octanol–water partition coefficient (Wildman–Crippen LogP) is 5.04. The molecule has 0 bridgehead atoms. The summed E-state index contributed by atoms with van der Waals surface area (Å²) in [7, 11) is -3.67. The minimum absolute atomic E-state index is 0.164. The average molecular weight is 474 g/mol. The van der Waals surface area contributed by atoms with Gasteiger partial charge >= 0.3 is 0 Å². The molecule has 4 aromatic heterocycles. The first-order valence-electron chi connectivity index (χ1n) is 8.64. The second kappa shape index (κ2) is 7.47. The topological polar surface area (TPSA) is 89.2 Å². The summed E-state index contributed by atoms with van der Waals surface area (Å²) >= 11 is 8.42. The lowest BCUT2D eigenvalue weighted by molar-refractivity contribution is 0.603. The van der Waals surface area contributed by atoms with E-state index in [-0.39, 0.29) is 4.21 Å². The fourth-order valence-corrected chi connectivity index (χ4v) is 6.09. The number of fused-ring (bicyclic) bond motifs is 1. The van der Waals surface area contributed by atoms with Gasteiger partial charge in [0.05, 0.1) is 14.9 Å². The molecule has 0 atom stereocenters. The molecule has 0 aliphatic carbocycles. The number of aromatic nitrogens is 4. The van der Waals surface area contributed by atoms with E-state index in [0.29, 0.717) is 21.5 Å². The Labute approximate surface area is 184 Å². The van der Waals surface area contributed by atoms with E-state index in [1.165, 1.54) is 6.07 Å². The van der Waals surface area contributed by atoms with Crippen molar-refractivity contribution in [1.82, 2.24) is 19.8 Å². The molecule has 0 saturated carbocycles. The van der Waals surface area contributed by atoms with Gasteiger partial charge in [-0.15, -0.1) is 32.9 Å². The van der Waals surface area contributed by atoms with Crippen molar-refractivity contribution in [1.29, 1.82) is 0 Å². The minimum atomic E-state index is -3.67. The van der Waals surface area contributed by atoms with Crippen molar-refractivity contribution >= 4 is 55.6 Å². The number of benzene rings is 1. The highest BCUT2D eigenvalue weighted by atomic mass is 35.5. The lowest BCUT2D eigenvalue weighted by Gasteiger charge is -2.07. The van der Waals surface area contributed by atoms with Crippen LogP contribution in [0.5, 0.6) is 0 Å². The van der Waals surface area contributed by atoms with Crippen LogP contribution in [0.25, 0.3) is 27.6 Å². The van der Waals surface area contributed by atoms with Crippen LogP contribution in [-0.4, -0.2) is 28.2 Å². The van der Waals surface area contributed by atoms with Crippen LogP contribution in [0.15, 0.2) is 70.3 Å². The number of sulfonamides is 1. The van der Waals surface area contributed by atoms with Crippen LogP contribution in [0.2, 0.25) is 4.34 Å². The Morgan fingerprint density at radius 3 is 2.50 bits per heavy atom. The van der Waals surface area contributed by atoms with Gasteiger partial charge in [-0.05, 0) is 47.8 Å². The Kier molecular flexibility index (Phi) is 4.78. The molecule has 150 valence electrons. The molecule has 5 aromatic rings. The molecule has 0 saturated heterocycles. The van der Waals surface area contributed by atoms with Gasteiger partial charge in [-0.2, -0.15) is 9.61 Å². The first-order valence-corrected chi connectivity index (χ1v) is 12.2. The maximum atomic E-state index is 12.4. The largest absolute Gasteiger partial charge is 0.279 e. The quantitative estimate of drug-likeness (QED) is 0.386. The van der Waals surface area contributed by atoms with Gasteiger partial charge in [0.15, 0.2) is 11.5 Å². The summed E-state index contributed by atoms with van der Waals surface area (Å²) < 4.78 is 29.7. The lowest BCUT2D eigenvalue weighted by atomic mass is 10.1. The highest BCUT2D eigenvalue weighted by Gasteiger charge is 2.17. The van der Waals surface area contributed by atoms with Crippen molar-refractivity contribution in [3.05, 3.63) is 70.4 Å². The Morgan fingerprint density at radius 2 is 1.80 bits per heavy atom. The van der Waals surface area contributed by atoms with E-state index < -0.39 is 10.0 Å². The summed E-state index contributed by atoms with van der Waals surface area (Å²) in [6.07, 6.45) is 0. The van der Waals surface area contributed by atoms with Crippen molar-refractivity contribution in [2.75, 3.05) is 4.72 Å². The molecule has 0 unspecified atom stereocenters. The van der Waals surface area contributed by atoms with Gasteiger partial charge in [0.25, 0.3) is 10.0 Å². The van der Waals surface area contributed by atoms with Crippen LogP contribution in [0.3, 0.4) is 0 Å². The zero-order chi connectivity index (χ0) is 20.7. The fourth-order valence-electron chi connectivity index (χ4n) is 2.86. The monoisotopic (exact) mass is 473 g/mol. The third-order valence-electron chi connectivity index (χ3n) is 4.25. The number of thiophene rings is 2. The van der Waals surface area contributed by atoms with Gasteiger partial charge in [0.2, 0.25) is 0 Å². The van der Waals surface area contributed by atoms with Gasteiger partial charge in [-0.25, -0.2) is 8.42 Å². The summed E-state index contributed by atoms with van der Waals surface area (Å²) in [5.74, 6) is 0.681. The molecule has 30 heavy (non-hydrogen) atoms. The van der Waals surface area contributed by atoms with Crippen molar-refractivity contribution in [2.24, 2.45) is 0 Å². The first kappa shape index (κ1) is 19.2. The van der Waals surface area contributed by atoms with E-state index in [1.807, 2.05) is 41.8 Å². The fraction of sp³-hybridized carbons (Fsp3) is 0. The Balaban J connectivity index is 1.44. The second-order valence-electron chi connectivity index (χ2n) is 6.23. The van der Waals surface area contributed by atoms with Crippen LogP contribution in [0.1, 0.15) is 0 Å². The van der Waals surface area contributed by atoms with Crippen LogP contribution in [0, 0.1) is 0 Å². The van der Waals surface area contributed by atoms with Gasteiger partial charge in [-0.1, -0.05) is 29.8 Å². The summed E-state index contributed by atoms with van der Waals surface area (Å²) in [5, 5.41) is 15.0. The summed E-state index contributed by atoms with van der Waals surface area (Å²) in [4.78, 5) is 0.977. The third kappa shape index (κ3) is 3.58. The van der Waals surface area contributed by atoms with Crippen molar-refractivity contribution in [2.45, 2.75) is 4.21 Å². The Hall–Kier alpha value is -2.79. The molecular formula is C19H12ClN5O2S3. The molecule has 0 amide bonds. The number of rotatable bonds is 5. The normalized spacial score (nSPS) is 11.8. The number of nitrogens with zero attached hydrogens (tertiary/aromatic N) is 4. The SMILES string of the molecule is O=S(=O)(Nc1ccc(-c2ccc3nnc(-c4cccs4)n3n2)cc1)c1ccc(Cl)s1. The van der Waals surface area contributed by atoms with Crippen molar-refractivity contribution in [3.8, 4) is 22.0 Å². The molecule has 1 aromatic carbocycles. The molecule has 0 aliphatic rings. The maximum Gasteiger partial charge on any atom is 0.271 e. The van der Waals surface area contributed by atoms with Crippen LogP contribution < -0.4 is 4.72 Å². The standard InChI is InChI=1S/C19H12ClN5O2S3/c20-16-8-10-18(29-16)30(26,27)24-13-5-3-12(4-6-13)14-7-9-17-21-22-19(25(17)23-14)15-2-1-11-28-15/h1-11,24H. The molecule has 4 heterocycles. The molecule has 0 aliphatic heterocycles. The second-order valence-corrected chi connectivity index (χ2v) is 10.8. The third-order valence-corrected chi connectivity index (χ3v) is 8.22. The highest BCUT2D eigenvalue weighted by molar-refractivity contribution is 7.94. The van der Waals surface area contributed by atoms with Crippen LogP contribution >= 0.6 is 34.3 Å². The smallest absolute Gasteiger partial charge is 0.271 e. The van der Waals surface area contributed by atoms with Crippen molar-refractivity contribution < 1.29 is 8.42 Å². The molecule has 5 rings (SSSR count). The summed E-state index contributed by atoms with van der Waals surface area (Å²) in [6.45, 7) is 0. The van der Waals surface area contributed by atoms with Gasteiger partial charge < -0.3 is 0 Å². The first-order chi connectivity index (χ1) is 14.5. The van der Waals surface area contributed by atoms with Gasteiger partial charge in [-0.3, -0.25) is 4.72 Å². The predicted molar refractivity (Wildman–Crippen MR) is 120 cm³/mol. The van der Waals surface area contributed by atoms with E-state index in [1.54, 1.807) is 34.1 Å². The minimum Gasteiger partial charge on any atom is -0.279 e. The molecule has 1 N–H and O–H groups in total. The van der Waals surface area contributed by atoms with E-state index in [0.717, 1.165) is 27.5 Å². The zero-order valence-corrected chi connectivity index (χ0v) is 18.3. The molecule has 0 fully saturated rings. The zero-order valence-electron chi connectivity index (χ0n) is 15.1. The number of anilines is 1. The van der Waals surface area contributed by atoms with E-state index in [2.05, 4.69) is 20.0 Å². The summed E-state index contributed by atoms with van der Waals surface area (Å²) in [6, 6.07) is 17.7. The molecule has 7 nitrogen and oxygen atoms in total. The summed E-state index contributed by atoms with van der Waals surface area (Å²) in [5.41, 5.74) is 2.67. The molecular weight excluding hydrogens is 462 g/mol. The number of nitrogens with one attached hydrogen (secondary N) is 1. The number of hydrogen-bond acceptors (Lipinski definition) is 7. The molecule has 11 heteroatoms.